The lowest BCUT2D eigenvalue weighted by molar-refractivity contribution is 0.475. The van der Waals surface area contributed by atoms with Crippen LogP contribution in [-0.4, -0.2) is 5.11 Å². The average Bonchev–Trinajstić information content (AvgIpc) is 2.20. The van der Waals surface area contributed by atoms with Crippen LogP contribution in [0.5, 0.6) is 5.75 Å². The molecule has 0 fully saturated rings. The largest absolute Gasteiger partial charge is 0.508 e. The van der Waals surface area contributed by atoms with Gasteiger partial charge in [-0.2, -0.15) is 0 Å². The van der Waals surface area contributed by atoms with E-state index in [0.717, 1.165) is 6.07 Å². The highest BCUT2D eigenvalue weighted by Gasteiger charge is 2.10. The second kappa shape index (κ2) is 4.10. The highest BCUT2D eigenvalue weighted by Crippen LogP contribution is 2.30. The van der Waals surface area contributed by atoms with Crippen molar-refractivity contribution in [3.63, 3.8) is 0 Å². The zero-order valence-electron chi connectivity index (χ0n) is 8.05. The summed E-state index contributed by atoms with van der Waals surface area (Å²) in [6, 6.07) is 7.95. The van der Waals surface area contributed by atoms with Crippen LogP contribution in [0.2, 0.25) is 5.02 Å². The van der Waals surface area contributed by atoms with E-state index in [1.54, 1.807) is 0 Å². The first-order valence-electron chi connectivity index (χ1n) is 4.52. The smallest absolute Gasteiger partial charge is 0.166 e. The van der Waals surface area contributed by atoms with E-state index in [1.807, 2.05) is 0 Å². The van der Waals surface area contributed by atoms with Gasteiger partial charge in [-0.3, -0.25) is 0 Å². The summed E-state index contributed by atoms with van der Waals surface area (Å²) in [5, 5.41) is 9.58. The van der Waals surface area contributed by atoms with Crippen LogP contribution < -0.4 is 0 Å². The number of benzene rings is 2. The van der Waals surface area contributed by atoms with Crippen LogP contribution in [0.1, 0.15) is 0 Å². The number of aromatic hydroxyl groups is 1. The van der Waals surface area contributed by atoms with Crippen molar-refractivity contribution in [1.29, 1.82) is 0 Å². The number of rotatable bonds is 1. The molecule has 0 aliphatic heterocycles. The third-order valence-corrected chi connectivity index (χ3v) is 2.36. The topological polar surface area (TPSA) is 20.2 Å². The number of halogens is 3. The molecule has 1 nitrogen and oxygen atoms in total. The van der Waals surface area contributed by atoms with E-state index < -0.39 is 11.6 Å². The monoisotopic (exact) mass is 240 g/mol. The molecule has 0 saturated heterocycles. The zero-order valence-corrected chi connectivity index (χ0v) is 8.80. The summed E-state index contributed by atoms with van der Waals surface area (Å²) in [7, 11) is 0. The SMILES string of the molecule is Oc1cc(Cl)cc(-c2cccc(F)c2F)c1. The van der Waals surface area contributed by atoms with Gasteiger partial charge in [0.15, 0.2) is 11.6 Å². The summed E-state index contributed by atoms with van der Waals surface area (Å²) >= 11 is 5.72. The Bertz CT molecular complexity index is 520. The Balaban J connectivity index is 2.63. The van der Waals surface area contributed by atoms with Gasteiger partial charge in [-0.05, 0) is 29.8 Å². The minimum atomic E-state index is -0.954. The van der Waals surface area contributed by atoms with Crippen LogP contribution in [-0.2, 0) is 0 Å². The Kier molecular flexibility index (Phi) is 2.79. The molecule has 1 N–H and O–H groups in total. The molecule has 0 radical (unpaired) electrons. The maximum Gasteiger partial charge on any atom is 0.166 e. The second-order valence-corrected chi connectivity index (χ2v) is 3.74. The number of hydrogen-bond acceptors (Lipinski definition) is 1. The lowest BCUT2D eigenvalue weighted by Crippen LogP contribution is -1.88. The Morgan fingerprint density at radius 1 is 1.06 bits per heavy atom. The highest BCUT2D eigenvalue weighted by atomic mass is 35.5. The highest BCUT2D eigenvalue weighted by molar-refractivity contribution is 6.31. The van der Waals surface area contributed by atoms with Gasteiger partial charge in [-0.25, -0.2) is 8.78 Å². The van der Waals surface area contributed by atoms with Gasteiger partial charge in [-0.15, -0.1) is 0 Å². The Morgan fingerprint density at radius 2 is 1.81 bits per heavy atom. The molecule has 0 aliphatic rings. The Labute approximate surface area is 95.9 Å². The molecule has 82 valence electrons. The number of hydrogen-bond donors (Lipinski definition) is 1. The Morgan fingerprint density at radius 3 is 2.50 bits per heavy atom. The number of phenolic OH excluding ortho intramolecular Hbond substituents is 1. The summed E-state index contributed by atoms with van der Waals surface area (Å²) in [5.41, 5.74) is 0.403. The van der Waals surface area contributed by atoms with Crippen molar-refractivity contribution in [2.24, 2.45) is 0 Å². The molecule has 0 aromatic heterocycles. The molecular weight excluding hydrogens is 234 g/mol. The maximum absolute atomic E-state index is 13.5. The molecule has 2 aromatic rings. The van der Waals surface area contributed by atoms with Crippen molar-refractivity contribution in [3.05, 3.63) is 53.1 Å². The molecule has 0 aliphatic carbocycles. The van der Waals surface area contributed by atoms with E-state index in [1.165, 1.54) is 30.3 Å². The fourth-order valence-corrected chi connectivity index (χ4v) is 1.69. The summed E-state index contributed by atoms with van der Waals surface area (Å²) < 4.78 is 26.4. The fourth-order valence-electron chi connectivity index (χ4n) is 1.46. The summed E-state index contributed by atoms with van der Waals surface area (Å²) in [6.45, 7) is 0. The lowest BCUT2D eigenvalue weighted by Gasteiger charge is -2.05. The molecule has 0 spiro atoms. The molecular formula is C12H7ClF2O. The molecule has 0 saturated carbocycles. The van der Waals surface area contributed by atoms with Crippen molar-refractivity contribution in [1.82, 2.24) is 0 Å². The van der Waals surface area contributed by atoms with E-state index in [9.17, 15) is 13.9 Å². The maximum atomic E-state index is 13.5. The molecule has 16 heavy (non-hydrogen) atoms. The molecule has 0 heterocycles. The standard InChI is InChI=1S/C12H7ClF2O/c13-8-4-7(5-9(16)6-8)10-2-1-3-11(14)12(10)15/h1-6,16H. The van der Waals surface area contributed by atoms with Crippen LogP contribution in [0.3, 0.4) is 0 Å². The van der Waals surface area contributed by atoms with Crippen LogP contribution in [0.25, 0.3) is 11.1 Å². The van der Waals surface area contributed by atoms with Crippen LogP contribution in [0.15, 0.2) is 36.4 Å². The number of phenols is 1. The minimum absolute atomic E-state index is 0.0674. The quantitative estimate of drug-likeness (QED) is 0.799. The van der Waals surface area contributed by atoms with Crippen molar-refractivity contribution < 1.29 is 13.9 Å². The molecule has 0 atom stereocenters. The molecule has 0 amide bonds. The first-order chi connectivity index (χ1) is 7.58. The summed E-state index contributed by atoms with van der Waals surface area (Å²) in [5.74, 6) is -1.98. The average molecular weight is 241 g/mol. The van der Waals surface area contributed by atoms with Crippen molar-refractivity contribution >= 4 is 11.6 Å². The molecule has 2 aromatic carbocycles. The fraction of sp³-hybridized carbons (Fsp3) is 0. The Hall–Kier alpha value is -1.61. The van der Waals surface area contributed by atoms with Gasteiger partial charge in [-0.1, -0.05) is 23.7 Å². The van der Waals surface area contributed by atoms with E-state index >= 15 is 0 Å². The van der Waals surface area contributed by atoms with E-state index in [0.29, 0.717) is 5.56 Å². The minimum Gasteiger partial charge on any atom is -0.508 e. The van der Waals surface area contributed by atoms with Crippen molar-refractivity contribution in [2.45, 2.75) is 0 Å². The van der Waals surface area contributed by atoms with Crippen LogP contribution in [0, 0.1) is 11.6 Å². The van der Waals surface area contributed by atoms with Crippen LogP contribution >= 0.6 is 11.6 Å². The first-order valence-corrected chi connectivity index (χ1v) is 4.89. The first kappa shape index (κ1) is 10.9. The zero-order chi connectivity index (χ0) is 11.7. The van der Waals surface area contributed by atoms with Gasteiger partial charge in [0.2, 0.25) is 0 Å². The summed E-state index contributed by atoms with van der Waals surface area (Å²) in [6.07, 6.45) is 0. The third kappa shape index (κ3) is 1.99. The van der Waals surface area contributed by atoms with Crippen molar-refractivity contribution in [2.75, 3.05) is 0 Å². The summed E-state index contributed by atoms with van der Waals surface area (Å²) in [4.78, 5) is 0. The predicted molar refractivity (Wildman–Crippen MR) is 58.5 cm³/mol. The molecule has 0 unspecified atom stereocenters. The van der Waals surface area contributed by atoms with E-state index in [2.05, 4.69) is 0 Å². The molecule has 4 heteroatoms. The van der Waals surface area contributed by atoms with E-state index in [-0.39, 0.29) is 16.3 Å². The van der Waals surface area contributed by atoms with Gasteiger partial charge in [0.25, 0.3) is 0 Å². The third-order valence-electron chi connectivity index (χ3n) is 2.15. The molecule has 0 bridgehead atoms. The lowest BCUT2D eigenvalue weighted by atomic mass is 10.0. The van der Waals surface area contributed by atoms with Gasteiger partial charge in [0, 0.05) is 10.6 Å². The van der Waals surface area contributed by atoms with Crippen LogP contribution in [0.4, 0.5) is 8.78 Å². The van der Waals surface area contributed by atoms with Gasteiger partial charge < -0.3 is 5.11 Å². The van der Waals surface area contributed by atoms with Crippen molar-refractivity contribution in [3.8, 4) is 16.9 Å². The van der Waals surface area contributed by atoms with Gasteiger partial charge in [0.1, 0.15) is 5.75 Å². The van der Waals surface area contributed by atoms with Gasteiger partial charge >= 0.3 is 0 Å². The normalized spacial score (nSPS) is 10.4. The predicted octanol–water partition coefficient (Wildman–Crippen LogP) is 3.99. The molecule has 2 rings (SSSR count). The van der Waals surface area contributed by atoms with E-state index in [4.69, 9.17) is 11.6 Å². The second-order valence-electron chi connectivity index (χ2n) is 3.30. The van der Waals surface area contributed by atoms with Gasteiger partial charge in [0.05, 0.1) is 0 Å².